The number of pyridine rings is 1. The molecule has 0 bridgehead atoms. The van der Waals surface area contributed by atoms with Crippen LogP contribution in [-0.4, -0.2) is 13.7 Å². The smallest absolute Gasteiger partial charge is 0.263 e. The highest BCUT2D eigenvalue weighted by Gasteiger charge is 2.19. The van der Waals surface area contributed by atoms with Crippen molar-refractivity contribution in [1.29, 1.82) is 0 Å². The van der Waals surface area contributed by atoms with Gasteiger partial charge in [-0.3, -0.25) is 9.36 Å². The van der Waals surface area contributed by atoms with Gasteiger partial charge in [-0.15, -0.1) is 0 Å². The Morgan fingerprint density at radius 1 is 0.264 bits per heavy atom. The van der Waals surface area contributed by atoms with Crippen molar-refractivity contribution in [2.75, 3.05) is 0 Å². The zero-order chi connectivity index (χ0) is 35.0. The Morgan fingerprint density at radius 3 is 1.23 bits per heavy atom. The van der Waals surface area contributed by atoms with E-state index in [1.165, 1.54) is 21.8 Å². The van der Waals surface area contributed by atoms with Crippen molar-refractivity contribution in [3.8, 4) is 28.2 Å². The van der Waals surface area contributed by atoms with Crippen LogP contribution in [0.3, 0.4) is 0 Å². The van der Waals surface area contributed by atoms with Crippen LogP contribution in [0.5, 0.6) is 0 Å². The third-order valence-corrected chi connectivity index (χ3v) is 10.8. The second kappa shape index (κ2) is 11.4. The molecule has 0 saturated heterocycles. The summed E-state index contributed by atoms with van der Waals surface area (Å²) in [7, 11) is 0. The Bertz CT molecular complexity index is 3280. The summed E-state index contributed by atoms with van der Waals surface area (Å²) in [6.45, 7) is 0. The molecular weight excluding hydrogens is 647 g/mol. The third-order valence-electron chi connectivity index (χ3n) is 10.8. The van der Waals surface area contributed by atoms with E-state index in [1.807, 2.05) is 53.1 Å². The summed E-state index contributed by atoms with van der Waals surface area (Å²) in [5.41, 5.74) is 10.7. The molecule has 0 saturated carbocycles. The van der Waals surface area contributed by atoms with Gasteiger partial charge >= 0.3 is 0 Å². The molecule has 11 rings (SSSR count). The Hall–Kier alpha value is -7.17. The van der Waals surface area contributed by atoms with Crippen molar-refractivity contribution in [1.82, 2.24) is 13.7 Å². The fraction of sp³-hybridized carbons (Fsp3) is 0. The molecule has 3 heterocycles. The van der Waals surface area contributed by atoms with Crippen LogP contribution in [0.1, 0.15) is 0 Å². The van der Waals surface area contributed by atoms with Crippen molar-refractivity contribution in [3.63, 3.8) is 0 Å². The van der Waals surface area contributed by atoms with Gasteiger partial charge in [-0.1, -0.05) is 103 Å². The van der Waals surface area contributed by atoms with E-state index in [1.54, 1.807) is 0 Å². The lowest BCUT2D eigenvalue weighted by Gasteiger charge is -2.14. The molecule has 0 unspecified atom stereocenters. The van der Waals surface area contributed by atoms with E-state index < -0.39 is 0 Å². The topological polar surface area (TPSA) is 31.9 Å². The first-order valence-electron chi connectivity index (χ1n) is 18.0. The number of nitrogens with zero attached hydrogens (tertiary/aromatic N) is 3. The summed E-state index contributed by atoms with van der Waals surface area (Å²) in [6, 6.07) is 65.8. The minimum atomic E-state index is -0.0275. The molecule has 3 aromatic heterocycles. The van der Waals surface area contributed by atoms with Crippen molar-refractivity contribution in [3.05, 3.63) is 198 Å². The van der Waals surface area contributed by atoms with Gasteiger partial charge in [0.25, 0.3) is 5.56 Å². The lowest BCUT2D eigenvalue weighted by molar-refractivity contribution is 1.06. The van der Waals surface area contributed by atoms with E-state index in [-0.39, 0.29) is 5.56 Å². The van der Waals surface area contributed by atoms with Crippen LogP contribution < -0.4 is 5.56 Å². The first kappa shape index (κ1) is 29.5. The summed E-state index contributed by atoms with van der Waals surface area (Å²) in [5, 5.41) is 7.41. The molecule has 4 heteroatoms. The minimum absolute atomic E-state index is 0.0275. The number of para-hydroxylation sites is 5. The van der Waals surface area contributed by atoms with Gasteiger partial charge in [0.2, 0.25) is 0 Å². The summed E-state index contributed by atoms with van der Waals surface area (Å²) >= 11 is 0. The van der Waals surface area contributed by atoms with E-state index in [4.69, 9.17) is 0 Å². The average molecular weight is 678 g/mol. The molecule has 0 N–H and O–H groups in total. The van der Waals surface area contributed by atoms with Gasteiger partial charge in [0.05, 0.1) is 33.0 Å². The number of benzene rings is 8. The number of hydrogen-bond donors (Lipinski definition) is 0. The highest BCUT2D eigenvalue weighted by Crippen LogP contribution is 2.40. The minimum Gasteiger partial charge on any atom is -0.309 e. The van der Waals surface area contributed by atoms with Crippen LogP contribution in [0.15, 0.2) is 193 Å². The molecule has 0 radical (unpaired) electrons. The van der Waals surface area contributed by atoms with Gasteiger partial charge in [0.15, 0.2) is 0 Å². The number of hydrogen-bond acceptors (Lipinski definition) is 1. The van der Waals surface area contributed by atoms with Crippen LogP contribution in [0, 0.1) is 0 Å². The monoisotopic (exact) mass is 677 g/mol. The van der Waals surface area contributed by atoms with Crippen LogP contribution >= 0.6 is 0 Å². The molecule has 248 valence electrons. The van der Waals surface area contributed by atoms with E-state index in [0.29, 0.717) is 5.39 Å². The molecule has 53 heavy (non-hydrogen) atoms. The third kappa shape index (κ3) is 4.39. The van der Waals surface area contributed by atoms with Gasteiger partial charge < -0.3 is 9.13 Å². The van der Waals surface area contributed by atoms with Crippen molar-refractivity contribution in [2.24, 2.45) is 0 Å². The molecule has 0 aliphatic carbocycles. The van der Waals surface area contributed by atoms with Crippen LogP contribution in [0.25, 0.3) is 93.5 Å². The first-order valence-corrected chi connectivity index (χ1v) is 18.0. The lowest BCUT2D eigenvalue weighted by atomic mass is 9.99. The quantitative estimate of drug-likeness (QED) is 0.171. The molecule has 0 atom stereocenters. The molecule has 0 spiro atoms. The van der Waals surface area contributed by atoms with Gasteiger partial charge in [-0.2, -0.15) is 0 Å². The van der Waals surface area contributed by atoms with Gasteiger partial charge in [-0.05, 0) is 101 Å². The zero-order valence-electron chi connectivity index (χ0n) is 28.6. The maximum atomic E-state index is 14.5. The second-order valence-electron chi connectivity index (χ2n) is 13.7. The molecule has 0 fully saturated rings. The van der Waals surface area contributed by atoms with E-state index in [2.05, 4.69) is 149 Å². The molecule has 0 aliphatic heterocycles. The summed E-state index contributed by atoms with van der Waals surface area (Å²) < 4.78 is 6.50. The van der Waals surface area contributed by atoms with Gasteiger partial charge in [0.1, 0.15) is 0 Å². The Kier molecular flexibility index (Phi) is 6.37. The number of aromatic nitrogens is 3. The molecule has 11 aromatic rings. The maximum absolute atomic E-state index is 14.5. The fourth-order valence-electron chi connectivity index (χ4n) is 8.47. The van der Waals surface area contributed by atoms with E-state index in [0.717, 1.165) is 66.3 Å². The highest BCUT2D eigenvalue weighted by molar-refractivity contribution is 6.19. The Labute approximate surface area is 304 Å². The largest absolute Gasteiger partial charge is 0.309 e. The molecule has 0 aliphatic rings. The van der Waals surface area contributed by atoms with E-state index in [9.17, 15) is 4.79 Å². The Morgan fingerprint density at radius 2 is 0.660 bits per heavy atom. The summed E-state index contributed by atoms with van der Waals surface area (Å²) in [6.07, 6.45) is 0. The van der Waals surface area contributed by atoms with Gasteiger partial charge in [-0.25, -0.2) is 0 Å². The van der Waals surface area contributed by atoms with Crippen LogP contribution in [0.4, 0.5) is 0 Å². The van der Waals surface area contributed by atoms with Crippen molar-refractivity contribution in [2.45, 2.75) is 0 Å². The SMILES string of the molecule is O=c1c2cc3c(cc2c2ccccc2n1-c1ccccc1)c1cc(-c2ccc4c(c2)c2ccccc2n4-c2ccccc2)ccc1n3-c1ccccc1. The van der Waals surface area contributed by atoms with Gasteiger partial charge in [0, 0.05) is 44.0 Å². The molecule has 4 nitrogen and oxygen atoms in total. The average Bonchev–Trinajstić information content (AvgIpc) is 3.73. The zero-order valence-corrected chi connectivity index (χ0v) is 28.6. The van der Waals surface area contributed by atoms with Crippen LogP contribution in [-0.2, 0) is 0 Å². The molecule has 0 amide bonds. The summed E-state index contributed by atoms with van der Waals surface area (Å²) in [5.74, 6) is 0. The lowest BCUT2D eigenvalue weighted by Crippen LogP contribution is -2.19. The Balaban J connectivity index is 1.19. The normalized spacial score (nSPS) is 11.8. The highest BCUT2D eigenvalue weighted by atomic mass is 16.1. The number of rotatable bonds is 4. The predicted molar refractivity (Wildman–Crippen MR) is 221 cm³/mol. The maximum Gasteiger partial charge on any atom is 0.263 e. The number of fused-ring (bicyclic) bond motifs is 9. The van der Waals surface area contributed by atoms with Crippen molar-refractivity contribution < 1.29 is 0 Å². The van der Waals surface area contributed by atoms with E-state index >= 15 is 0 Å². The molecular formula is C49H31N3O. The molecule has 8 aromatic carbocycles. The van der Waals surface area contributed by atoms with Crippen LogP contribution in [0.2, 0.25) is 0 Å². The first-order chi connectivity index (χ1) is 26.2. The second-order valence-corrected chi connectivity index (χ2v) is 13.7. The fourth-order valence-corrected chi connectivity index (χ4v) is 8.47. The predicted octanol–water partition coefficient (Wildman–Crippen LogP) is 12.0. The standard InChI is InChI=1S/C49H31N3O/c53-49-43-31-48-42(30-39(43)37-20-10-13-23-45(37)52(49)36-18-8-3-9-19-36)41-29-33(25-27-47(41)51(48)35-16-6-2-7-17-35)32-24-26-46-40(28-32)38-21-11-12-22-44(38)50(46)34-14-4-1-5-15-34/h1-31H. The van der Waals surface area contributed by atoms with Crippen molar-refractivity contribution >= 4 is 65.3 Å². The summed E-state index contributed by atoms with van der Waals surface area (Å²) in [4.78, 5) is 14.5.